The number of halogens is 1. The Kier molecular flexibility index (Phi) is 5.34. The van der Waals surface area contributed by atoms with Gasteiger partial charge in [-0.3, -0.25) is 4.79 Å². The maximum absolute atomic E-state index is 12.3. The van der Waals surface area contributed by atoms with E-state index >= 15 is 0 Å². The normalized spacial score (nSPS) is 11.8. The second-order valence-corrected chi connectivity index (χ2v) is 5.82. The molecule has 1 aromatic heterocycles. The third kappa shape index (κ3) is 4.79. The molecule has 0 radical (unpaired) electrons. The van der Waals surface area contributed by atoms with Crippen LogP contribution < -0.4 is 5.32 Å². The van der Waals surface area contributed by atoms with E-state index in [4.69, 9.17) is 11.6 Å². The zero-order valence-corrected chi connectivity index (χ0v) is 13.6. The molecule has 0 aliphatic carbocycles. The third-order valence-electron chi connectivity index (χ3n) is 3.32. The summed E-state index contributed by atoms with van der Waals surface area (Å²) in [6, 6.07) is 7.64. The fraction of sp³-hybridized carbons (Fsp3) is 0.235. The predicted octanol–water partition coefficient (Wildman–Crippen LogP) is 2.78. The Bertz CT molecular complexity index is 709. The molecule has 1 amide bonds. The molecule has 0 bridgehead atoms. The summed E-state index contributed by atoms with van der Waals surface area (Å²) < 4.78 is 0. The summed E-state index contributed by atoms with van der Waals surface area (Å²) in [5.41, 5.74) is 3.03. The Balaban J connectivity index is 2.14. The molecule has 1 atom stereocenters. The van der Waals surface area contributed by atoms with E-state index in [9.17, 15) is 14.7 Å². The van der Waals surface area contributed by atoms with Crippen molar-refractivity contribution in [3.8, 4) is 0 Å². The van der Waals surface area contributed by atoms with Gasteiger partial charge in [0.2, 0.25) is 0 Å². The number of hydrogen-bond acceptors (Lipinski definition) is 3. The third-order valence-corrected chi connectivity index (χ3v) is 3.54. The lowest BCUT2D eigenvalue weighted by atomic mass is 10.0. The molecule has 120 valence electrons. The van der Waals surface area contributed by atoms with Gasteiger partial charge in [0.25, 0.3) is 5.91 Å². The molecule has 5 nitrogen and oxygen atoms in total. The van der Waals surface area contributed by atoms with Crippen LogP contribution in [0.5, 0.6) is 0 Å². The van der Waals surface area contributed by atoms with Gasteiger partial charge >= 0.3 is 5.97 Å². The molecule has 2 aromatic rings. The molecule has 0 saturated carbocycles. The van der Waals surface area contributed by atoms with E-state index in [2.05, 4.69) is 10.3 Å². The summed E-state index contributed by atoms with van der Waals surface area (Å²) in [7, 11) is 0. The van der Waals surface area contributed by atoms with Crippen LogP contribution in [0.25, 0.3) is 0 Å². The molecule has 23 heavy (non-hydrogen) atoms. The Morgan fingerprint density at radius 3 is 2.39 bits per heavy atom. The van der Waals surface area contributed by atoms with Crippen molar-refractivity contribution in [2.24, 2.45) is 0 Å². The first kappa shape index (κ1) is 17.0. The largest absolute Gasteiger partial charge is 0.480 e. The van der Waals surface area contributed by atoms with Crippen LogP contribution in [0.1, 0.15) is 27.0 Å². The SMILES string of the molecule is Cc1cc(C)cc(C(=O)N[C@H](Cc2ccc(Cl)nc2)C(=O)O)c1. The van der Waals surface area contributed by atoms with Gasteiger partial charge in [-0.1, -0.05) is 34.9 Å². The van der Waals surface area contributed by atoms with Crippen molar-refractivity contribution >= 4 is 23.5 Å². The highest BCUT2D eigenvalue weighted by Gasteiger charge is 2.21. The molecule has 2 N–H and O–H groups in total. The number of amides is 1. The molecule has 0 saturated heterocycles. The van der Waals surface area contributed by atoms with Crippen LogP contribution in [0.3, 0.4) is 0 Å². The summed E-state index contributed by atoms with van der Waals surface area (Å²) in [5, 5.41) is 12.2. The second kappa shape index (κ2) is 7.24. The highest BCUT2D eigenvalue weighted by molar-refractivity contribution is 6.29. The Labute approximate surface area is 139 Å². The van der Waals surface area contributed by atoms with E-state index in [-0.39, 0.29) is 6.42 Å². The zero-order chi connectivity index (χ0) is 17.0. The molecule has 6 heteroatoms. The van der Waals surface area contributed by atoms with Gasteiger partial charge < -0.3 is 10.4 Å². The quantitative estimate of drug-likeness (QED) is 0.825. The number of carbonyl (C=O) groups excluding carboxylic acids is 1. The summed E-state index contributed by atoms with van der Waals surface area (Å²) in [4.78, 5) is 27.6. The maximum atomic E-state index is 12.3. The van der Waals surface area contributed by atoms with Crippen LogP contribution in [0.15, 0.2) is 36.5 Å². The number of carbonyl (C=O) groups is 2. The fourth-order valence-electron chi connectivity index (χ4n) is 2.31. The topological polar surface area (TPSA) is 79.3 Å². The molecule has 1 heterocycles. The van der Waals surface area contributed by atoms with Gasteiger partial charge in [0, 0.05) is 18.2 Å². The first-order chi connectivity index (χ1) is 10.8. The Hall–Kier alpha value is -2.40. The lowest BCUT2D eigenvalue weighted by molar-refractivity contribution is -0.139. The zero-order valence-electron chi connectivity index (χ0n) is 12.8. The number of carboxylic acids is 1. The predicted molar refractivity (Wildman–Crippen MR) is 87.8 cm³/mol. The number of nitrogens with one attached hydrogen (secondary N) is 1. The van der Waals surface area contributed by atoms with Crippen LogP contribution in [0.2, 0.25) is 5.15 Å². The van der Waals surface area contributed by atoms with Gasteiger partial charge in [0.1, 0.15) is 11.2 Å². The number of pyridine rings is 1. The number of hydrogen-bond donors (Lipinski definition) is 2. The van der Waals surface area contributed by atoms with Crippen molar-refractivity contribution in [1.82, 2.24) is 10.3 Å². The number of aryl methyl sites for hydroxylation is 2. The van der Waals surface area contributed by atoms with Gasteiger partial charge in [0.15, 0.2) is 0 Å². The molecular weight excluding hydrogens is 316 g/mol. The van der Waals surface area contributed by atoms with Crippen molar-refractivity contribution in [2.45, 2.75) is 26.3 Å². The number of benzene rings is 1. The van der Waals surface area contributed by atoms with Crippen molar-refractivity contribution in [3.05, 3.63) is 63.9 Å². The molecule has 0 unspecified atom stereocenters. The van der Waals surface area contributed by atoms with E-state index in [0.29, 0.717) is 16.3 Å². The van der Waals surface area contributed by atoms with Crippen molar-refractivity contribution in [2.75, 3.05) is 0 Å². The van der Waals surface area contributed by atoms with Crippen LogP contribution in [0, 0.1) is 13.8 Å². The van der Waals surface area contributed by atoms with Gasteiger partial charge in [-0.2, -0.15) is 0 Å². The minimum absolute atomic E-state index is 0.135. The number of nitrogens with zero attached hydrogens (tertiary/aromatic N) is 1. The highest BCUT2D eigenvalue weighted by Crippen LogP contribution is 2.11. The average Bonchev–Trinajstić information content (AvgIpc) is 2.47. The summed E-state index contributed by atoms with van der Waals surface area (Å²) in [5.74, 6) is -1.51. The monoisotopic (exact) mass is 332 g/mol. The van der Waals surface area contributed by atoms with Crippen molar-refractivity contribution in [1.29, 1.82) is 0 Å². The summed E-state index contributed by atoms with van der Waals surface area (Å²) >= 11 is 5.71. The minimum atomic E-state index is -1.10. The van der Waals surface area contributed by atoms with Gasteiger partial charge in [0.05, 0.1) is 0 Å². The van der Waals surface area contributed by atoms with Gasteiger partial charge in [-0.05, 0) is 37.6 Å². The molecule has 2 rings (SSSR count). The van der Waals surface area contributed by atoms with Crippen LogP contribution >= 0.6 is 11.6 Å². The first-order valence-corrected chi connectivity index (χ1v) is 7.45. The summed E-state index contributed by atoms with van der Waals surface area (Å²) in [6.07, 6.45) is 1.64. The van der Waals surface area contributed by atoms with E-state index in [0.717, 1.165) is 11.1 Å². The van der Waals surface area contributed by atoms with E-state index < -0.39 is 17.9 Å². The molecule has 0 spiro atoms. The van der Waals surface area contributed by atoms with Crippen molar-refractivity contribution in [3.63, 3.8) is 0 Å². The smallest absolute Gasteiger partial charge is 0.326 e. The Morgan fingerprint density at radius 2 is 1.87 bits per heavy atom. The second-order valence-electron chi connectivity index (χ2n) is 5.43. The molecular formula is C17H17ClN2O3. The van der Waals surface area contributed by atoms with Crippen LogP contribution in [-0.4, -0.2) is 28.0 Å². The lowest BCUT2D eigenvalue weighted by Crippen LogP contribution is -2.42. The van der Waals surface area contributed by atoms with E-state index in [1.165, 1.54) is 6.20 Å². The van der Waals surface area contributed by atoms with E-state index in [1.54, 1.807) is 24.3 Å². The molecule has 0 fully saturated rings. The summed E-state index contributed by atoms with van der Waals surface area (Å²) in [6.45, 7) is 3.77. The molecule has 0 aliphatic rings. The average molecular weight is 333 g/mol. The lowest BCUT2D eigenvalue weighted by Gasteiger charge is -2.15. The number of aliphatic carboxylic acids is 1. The van der Waals surface area contributed by atoms with Crippen LogP contribution in [0.4, 0.5) is 0 Å². The molecule has 1 aromatic carbocycles. The molecule has 0 aliphatic heterocycles. The van der Waals surface area contributed by atoms with Gasteiger partial charge in [-0.25, -0.2) is 9.78 Å². The highest BCUT2D eigenvalue weighted by atomic mass is 35.5. The number of rotatable bonds is 5. The minimum Gasteiger partial charge on any atom is -0.480 e. The standard InChI is InChI=1S/C17H17ClN2O3/c1-10-5-11(2)7-13(6-10)16(21)20-14(17(22)23)8-12-3-4-15(18)19-9-12/h3-7,9,14H,8H2,1-2H3,(H,20,21)(H,22,23)/t14-/m1/s1. The first-order valence-electron chi connectivity index (χ1n) is 7.07. The maximum Gasteiger partial charge on any atom is 0.326 e. The van der Waals surface area contributed by atoms with Crippen LogP contribution in [-0.2, 0) is 11.2 Å². The van der Waals surface area contributed by atoms with Crippen molar-refractivity contribution < 1.29 is 14.7 Å². The number of carboxylic acid groups (broad SMARTS) is 1. The van der Waals surface area contributed by atoms with Gasteiger partial charge in [-0.15, -0.1) is 0 Å². The number of aromatic nitrogens is 1. The Morgan fingerprint density at radius 1 is 1.22 bits per heavy atom. The van der Waals surface area contributed by atoms with E-state index in [1.807, 2.05) is 19.9 Å². The fourth-order valence-corrected chi connectivity index (χ4v) is 2.42.